The minimum atomic E-state index is 0.351. The van der Waals surface area contributed by atoms with Crippen LogP contribution in [0.15, 0.2) is 60.7 Å². The lowest BCUT2D eigenvalue weighted by Crippen LogP contribution is -2.26. The molecule has 184 valence electrons. The normalized spacial score (nSPS) is 11.5. The first-order valence-electron chi connectivity index (χ1n) is 14.1. The Balaban J connectivity index is 1.50. The highest BCUT2D eigenvalue weighted by molar-refractivity contribution is 5.31. The second-order valence-corrected chi connectivity index (χ2v) is 10.0. The summed E-state index contributed by atoms with van der Waals surface area (Å²) >= 11 is 0. The van der Waals surface area contributed by atoms with E-state index in [0.717, 1.165) is 6.54 Å². The lowest BCUT2D eigenvalue weighted by molar-refractivity contribution is 0.271. The molecule has 0 saturated heterocycles. The maximum Gasteiger partial charge on any atom is 0.0599 e. The van der Waals surface area contributed by atoms with E-state index in [9.17, 15) is 0 Å². The summed E-state index contributed by atoms with van der Waals surface area (Å²) in [5.41, 5.74) is 2.78. The molecular weight excluding hydrogens is 398 g/mol. The average molecular weight is 450 g/mol. The van der Waals surface area contributed by atoms with E-state index in [1.807, 2.05) is 0 Å². The van der Waals surface area contributed by atoms with E-state index in [-0.39, 0.29) is 0 Å². The van der Waals surface area contributed by atoms with Crippen LogP contribution in [0.4, 0.5) is 0 Å². The Morgan fingerprint density at radius 3 is 1.18 bits per heavy atom. The molecule has 0 N–H and O–H groups in total. The average Bonchev–Trinajstić information content (AvgIpc) is 2.85. The standard InChI is InChI=1S/C32H51N/c1-3-4-5-6-7-8-9-10-11-12-13-14-15-16-17-24-29-33(2)32(30-25-20-18-21-26-30)31-27-22-19-23-28-31/h18-23,25-28,32H,3-17,24,29H2,1-2H3. The molecule has 0 unspecified atom stereocenters. The van der Waals surface area contributed by atoms with Gasteiger partial charge in [-0.3, -0.25) is 4.90 Å². The molecule has 0 heterocycles. The van der Waals surface area contributed by atoms with Gasteiger partial charge in [-0.2, -0.15) is 0 Å². The molecule has 33 heavy (non-hydrogen) atoms. The molecule has 0 bridgehead atoms. The van der Waals surface area contributed by atoms with Crippen molar-refractivity contribution >= 4 is 0 Å². The molecule has 0 fully saturated rings. The van der Waals surface area contributed by atoms with Crippen molar-refractivity contribution in [2.24, 2.45) is 0 Å². The minimum absolute atomic E-state index is 0.351. The highest BCUT2D eigenvalue weighted by Crippen LogP contribution is 2.27. The number of rotatable bonds is 20. The predicted molar refractivity (Wildman–Crippen MR) is 147 cm³/mol. The van der Waals surface area contributed by atoms with Crippen molar-refractivity contribution in [2.45, 2.75) is 116 Å². The quantitative estimate of drug-likeness (QED) is 0.182. The van der Waals surface area contributed by atoms with Crippen LogP contribution < -0.4 is 0 Å². The molecule has 0 atom stereocenters. The maximum atomic E-state index is 2.54. The smallest absolute Gasteiger partial charge is 0.0599 e. The fourth-order valence-electron chi connectivity index (χ4n) is 5.01. The van der Waals surface area contributed by atoms with Crippen LogP contribution >= 0.6 is 0 Å². The van der Waals surface area contributed by atoms with Crippen LogP contribution in [0.25, 0.3) is 0 Å². The van der Waals surface area contributed by atoms with Gasteiger partial charge in [0.05, 0.1) is 6.04 Å². The van der Waals surface area contributed by atoms with Gasteiger partial charge in [-0.15, -0.1) is 0 Å². The third-order valence-electron chi connectivity index (χ3n) is 7.04. The molecule has 2 aromatic carbocycles. The molecule has 0 radical (unpaired) electrons. The van der Waals surface area contributed by atoms with E-state index < -0.39 is 0 Å². The van der Waals surface area contributed by atoms with Crippen molar-refractivity contribution < 1.29 is 0 Å². The molecular formula is C32H51N. The fraction of sp³-hybridized carbons (Fsp3) is 0.625. The molecule has 0 aliphatic rings. The van der Waals surface area contributed by atoms with Gasteiger partial charge < -0.3 is 0 Å². The van der Waals surface area contributed by atoms with Gasteiger partial charge in [-0.05, 0) is 31.1 Å². The van der Waals surface area contributed by atoms with Gasteiger partial charge in [0.25, 0.3) is 0 Å². The second-order valence-electron chi connectivity index (χ2n) is 10.0. The fourth-order valence-corrected chi connectivity index (χ4v) is 5.01. The zero-order chi connectivity index (χ0) is 23.4. The number of unbranched alkanes of at least 4 members (excludes halogenated alkanes) is 15. The Bertz CT molecular complexity index is 626. The van der Waals surface area contributed by atoms with E-state index >= 15 is 0 Å². The lowest BCUT2D eigenvalue weighted by atomic mass is 9.97. The summed E-state index contributed by atoms with van der Waals surface area (Å²) in [6, 6.07) is 22.3. The van der Waals surface area contributed by atoms with Crippen LogP contribution in [0.3, 0.4) is 0 Å². The molecule has 0 aliphatic carbocycles. The summed E-state index contributed by atoms with van der Waals surface area (Å²) in [6.07, 6.45) is 22.8. The minimum Gasteiger partial charge on any atom is -0.295 e. The van der Waals surface area contributed by atoms with E-state index in [2.05, 4.69) is 79.5 Å². The Morgan fingerprint density at radius 1 is 0.485 bits per heavy atom. The Hall–Kier alpha value is -1.60. The first-order chi connectivity index (χ1) is 16.3. The van der Waals surface area contributed by atoms with Gasteiger partial charge in [0.15, 0.2) is 0 Å². The SMILES string of the molecule is CCCCCCCCCCCCCCCCCCN(C)C(c1ccccc1)c1ccccc1. The third kappa shape index (κ3) is 12.4. The van der Waals surface area contributed by atoms with Gasteiger partial charge in [0.2, 0.25) is 0 Å². The van der Waals surface area contributed by atoms with Crippen LogP contribution in [0.5, 0.6) is 0 Å². The number of hydrogen-bond acceptors (Lipinski definition) is 1. The highest BCUT2D eigenvalue weighted by Gasteiger charge is 2.18. The number of hydrogen-bond donors (Lipinski definition) is 0. The topological polar surface area (TPSA) is 3.24 Å². The summed E-state index contributed by atoms with van der Waals surface area (Å²) in [4.78, 5) is 2.54. The third-order valence-corrected chi connectivity index (χ3v) is 7.04. The Kier molecular flexibility index (Phi) is 15.7. The van der Waals surface area contributed by atoms with Crippen molar-refractivity contribution in [3.63, 3.8) is 0 Å². The van der Waals surface area contributed by atoms with Gasteiger partial charge in [0.1, 0.15) is 0 Å². The Labute approximate surface area is 206 Å². The predicted octanol–water partition coefficient (Wildman–Crippen LogP) is 9.97. The van der Waals surface area contributed by atoms with E-state index in [1.165, 1.54) is 114 Å². The first-order valence-corrected chi connectivity index (χ1v) is 14.1. The molecule has 2 aromatic rings. The first kappa shape index (κ1) is 27.6. The monoisotopic (exact) mass is 449 g/mol. The molecule has 0 amide bonds. The largest absolute Gasteiger partial charge is 0.295 e. The molecule has 2 rings (SSSR count). The lowest BCUT2D eigenvalue weighted by Gasteiger charge is -2.29. The summed E-state index contributed by atoms with van der Waals surface area (Å²) < 4.78 is 0. The van der Waals surface area contributed by atoms with Gasteiger partial charge >= 0.3 is 0 Å². The van der Waals surface area contributed by atoms with Crippen LogP contribution in [0.1, 0.15) is 127 Å². The number of benzene rings is 2. The van der Waals surface area contributed by atoms with E-state index in [1.54, 1.807) is 0 Å². The summed E-state index contributed by atoms with van der Waals surface area (Å²) in [6.45, 7) is 3.46. The van der Waals surface area contributed by atoms with Gasteiger partial charge in [0, 0.05) is 0 Å². The molecule has 1 heteroatoms. The van der Waals surface area contributed by atoms with Gasteiger partial charge in [-0.25, -0.2) is 0 Å². The zero-order valence-electron chi connectivity index (χ0n) is 21.8. The van der Waals surface area contributed by atoms with Crippen molar-refractivity contribution in [3.8, 4) is 0 Å². The van der Waals surface area contributed by atoms with Crippen molar-refractivity contribution in [1.29, 1.82) is 0 Å². The molecule has 0 spiro atoms. The molecule has 1 nitrogen and oxygen atoms in total. The maximum absolute atomic E-state index is 2.54. The van der Waals surface area contributed by atoms with Crippen molar-refractivity contribution in [3.05, 3.63) is 71.8 Å². The highest BCUT2D eigenvalue weighted by atomic mass is 15.1. The Morgan fingerprint density at radius 2 is 0.818 bits per heavy atom. The van der Waals surface area contributed by atoms with Crippen LogP contribution in [-0.2, 0) is 0 Å². The zero-order valence-corrected chi connectivity index (χ0v) is 21.8. The van der Waals surface area contributed by atoms with E-state index in [0.29, 0.717) is 6.04 Å². The van der Waals surface area contributed by atoms with Gasteiger partial charge in [-0.1, -0.05) is 164 Å². The summed E-state index contributed by atoms with van der Waals surface area (Å²) in [5, 5.41) is 0. The molecule has 0 saturated carbocycles. The molecule has 0 aromatic heterocycles. The van der Waals surface area contributed by atoms with Crippen molar-refractivity contribution in [2.75, 3.05) is 13.6 Å². The molecule has 0 aliphatic heterocycles. The van der Waals surface area contributed by atoms with Crippen LogP contribution in [0, 0.1) is 0 Å². The van der Waals surface area contributed by atoms with Crippen LogP contribution in [0.2, 0.25) is 0 Å². The summed E-state index contributed by atoms with van der Waals surface area (Å²) in [5.74, 6) is 0. The van der Waals surface area contributed by atoms with Crippen LogP contribution in [-0.4, -0.2) is 18.5 Å². The van der Waals surface area contributed by atoms with Crippen molar-refractivity contribution in [1.82, 2.24) is 4.90 Å². The number of nitrogens with zero attached hydrogens (tertiary/aromatic N) is 1. The van der Waals surface area contributed by atoms with E-state index in [4.69, 9.17) is 0 Å². The second kappa shape index (κ2) is 18.8. The summed E-state index contributed by atoms with van der Waals surface area (Å²) in [7, 11) is 2.29.